The van der Waals surface area contributed by atoms with Crippen molar-refractivity contribution in [1.29, 1.82) is 0 Å². The molecule has 0 fully saturated rings. The Hall–Kier alpha value is -2.25. The Morgan fingerprint density at radius 1 is 1.20 bits per heavy atom. The molecule has 1 heterocycles. The Kier molecular flexibility index (Phi) is 6.66. The molecule has 2 amide bonds. The lowest BCUT2D eigenvalue weighted by Gasteiger charge is -2.12. The highest BCUT2D eigenvalue weighted by atomic mass is 35.5. The van der Waals surface area contributed by atoms with Gasteiger partial charge in [-0.05, 0) is 25.5 Å². The first-order valence-electron chi connectivity index (χ1n) is 7.47. The molecule has 0 saturated heterocycles. The molecule has 0 atom stereocenters. The largest absolute Gasteiger partial charge is 0.490 e. The van der Waals surface area contributed by atoms with E-state index in [1.807, 2.05) is 13.0 Å². The average molecular weight is 386 g/mol. The van der Waals surface area contributed by atoms with Crippen LogP contribution in [0.4, 0.5) is 0 Å². The summed E-state index contributed by atoms with van der Waals surface area (Å²) < 4.78 is 10.7. The number of hydrogen-bond acceptors (Lipinski definition) is 5. The highest BCUT2D eigenvalue weighted by Gasteiger charge is 2.14. The molecule has 0 bridgehead atoms. The van der Waals surface area contributed by atoms with Gasteiger partial charge in [0.1, 0.15) is 5.76 Å². The zero-order chi connectivity index (χ0) is 18.4. The minimum Gasteiger partial charge on any atom is -0.490 e. The van der Waals surface area contributed by atoms with Crippen molar-refractivity contribution in [3.8, 4) is 5.75 Å². The van der Waals surface area contributed by atoms with E-state index in [1.165, 1.54) is 19.1 Å². The number of nitrogens with zero attached hydrogens (tertiary/aromatic N) is 1. The maximum absolute atomic E-state index is 11.9. The minimum atomic E-state index is -0.536. The monoisotopic (exact) mass is 385 g/mol. The van der Waals surface area contributed by atoms with Crippen LogP contribution in [0.1, 0.15) is 35.2 Å². The second-order valence-corrected chi connectivity index (χ2v) is 6.11. The van der Waals surface area contributed by atoms with Crippen LogP contribution in [0.25, 0.3) is 0 Å². The fraction of sp³-hybridized carbons (Fsp3) is 0.312. The number of carbonyl (C=O) groups is 2. The molecule has 0 aliphatic carbocycles. The lowest BCUT2D eigenvalue weighted by atomic mass is 10.2. The fourth-order valence-corrected chi connectivity index (χ4v) is 2.60. The molecule has 7 nitrogen and oxygen atoms in total. The second-order valence-electron chi connectivity index (χ2n) is 5.29. The third kappa shape index (κ3) is 5.65. The average Bonchev–Trinajstić information content (AvgIpc) is 2.96. The summed E-state index contributed by atoms with van der Waals surface area (Å²) >= 11 is 12.3. The minimum absolute atomic E-state index is 0.202. The van der Waals surface area contributed by atoms with Crippen LogP contribution in [-0.2, 0) is 11.2 Å². The van der Waals surface area contributed by atoms with Crippen molar-refractivity contribution in [2.24, 2.45) is 0 Å². The summed E-state index contributed by atoms with van der Waals surface area (Å²) in [6, 6.07) is 4.70. The molecular formula is C16H17Cl2N3O4. The van der Waals surface area contributed by atoms with Gasteiger partial charge in [-0.25, -0.2) is 0 Å². The van der Waals surface area contributed by atoms with E-state index in [1.54, 1.807) is 0 Å². The van der Waals surface area contributed by atoms with Crippen LogP contribution in [0, 0.1) is 6.92 Å². The number of hydrazine groups is 1. The standard InChI is InChI=1S/C16H17Cl2N3O4/c1-9-6-12(25-21-9)4-3-5-24-15-13(17)7-11(8-14(15)18)16(23)20-19-10(2)22/h6-8H,3-5H2,1-2H3,(H,19,22)(H,20,23). The van der Waals surface area contributed by atoms with Gasteiger partial charge in [0.05, 0.1) is 22.3 Å². The molecule has 1 aromatic carbocycles. The third-order valence-corrected chi connectivity index (χ3v) is 3.66. The van der Waals surface area contributed by atoms with Crippen LogP contribution in [-0.4, -0.2) is 23.6 Å². The summed E-state index contributed by atoms with van der Waals surface area (Å²) in [5.41, 5.74) is 5.45. The van der Waals surface area contributed by atoms with Crippen molar-refractivity contribution in [3.63, 3.8) is 0 Å². The number of halogens is 2. The predicted molar refractivity (Wildman–Crippen MR) is 92.8 cm³/mol. The Labute approximate surface area is 154 Å². The number of nitrogens with one attached hydrogen (secondary N) is 2. The van der Waals surface area contributed by atoms with Crippen LogP contribution in [0.5, 0.6) is 5.75 Å². The van der Waals surface area contributed by atoms with E-state index >= 15 is 0 Å². The van der Waals surface area contributed by atoms with Gasteiger partial charge in [-0.1, -0.05) is 28.4 Å². The third-order valence-electron chi connectivity index (χ3n) is 3.10. The number of benzene rings is 1. The number of carbonyl (C=O) groups excluding carboxylic acids is 2. The number of rotatable bonds is 6. The van der Waals surface area contributed by atoms with E-state index in [0.717, 1.165) is 11.5 Å². The Bertz CT molecular complexity index is 753. The number of aryl methyl sites for hydroxylation is 2. The molecule has 0 aliphatic heterocycles. The summed E-state index contributed by atoms with van der Waals surface area (Å²) in [6.07, 6.45) is 1.36. The molecule has 0 saturated carbocycles. The van der Waals surface area contributed by atoms with Crippen LogP contribution in [0.3, 0.4) is 0 Å². The number of aromatic nitrogens is 1. The van der Waals surface area contributed by atoms with Gasteiger partial charge in [0, 0.05) is 25.0 Å². The maximum Gasteiger partial charge on any atom is 0.269 e. The summed E-state index contributed by atoms with van der Waals surface area (Å²) in [6.45, 7) is 3.50. The van der Waals surface area contributed by atoms with Crippen molar-refractivity contribution in [3.05, 3.63) is 45.3 Å². The molecule has 25 heavy (non-hydrogen) atoms. The van der Waals surface area contributed by atoms with E-state index in [9.17, 15) is 9.59 Å². The van der Waals surface area contributed by atoms with Gasteiger partial charge in [0.15, 0.2) is 5.75 Å². The zero-order valence-electron chi connectivity index (χ0n) is 13.7. The normalized spacial score (nSPS) is 10.4. The molecule has 2 aromatic rings. The maximum atomic E-state index is 11.9. The van der Waals surface area contributed by atoms with E-state index in [0.29, 0.717) is 25.2 Å². The van der Waals surface area contributed by atoms with Gasteiger partial charge in [-0.15, -0.1) is 0 Å². The molecule has 1 aromatic heterocycles. The van der Waals surface area contributed by atoms with E-state index < -0.39 is 11.8 Å². The second kappa shape index (κ2) is 8.73. The summed E-state index contributed by atoms with van der Waals surface area (Å²) in [5, 5.41) is 4.22. The highest BCUT2D eigenvalue weighted by Crippen LogP contribution is 2.34. The van der Waals surface area contributed by atoms with E-state index in [2.05, 4.69) is 16.0 Å². The predicted octanol–water partition coefficient (Wildman–Crippen LogP) is 3.08. The molecule has 134 valence electrons. The highest BCUT2D eigenvalue weighted by molar-refractivity contribution is 6.37. The summed E-state index contributed by atoms with van der Waals surface area (Å²) in [7, 11) is 0. The van der Waals surface area contributed by atoms with Gasteiger partial charge >= 0.3 is 0 Å². The number of amides is 2. The molecule has 0 spiro atoms. The van der Waals surface area contributed by atoms with E-state index in [4.69, 9.17) is 32.5 Å². The molecule has 0 radical (unpaired) electrons. The number of ether oxygens (including phenoxy) is 1. The van der Waals surface area contributed by atoms with E-state index in [-0.39, 0.29) is 15.6 Å². The summed E-state index contributed by atoms with van der Waals surface area (Å²) in [5.74, 6) is 0.148. The van der Waals surface area contributed by atoms with Crippen LogP contribution in [0.2, 0.25) is 10.0 Å². The van der Waals surface area contributed by atoms with Crippen LogP contribution < -0.4 is 15.6 Å². The molecule has 2 rings (SSSR count). The molecular weight excluding hydrogens is 369 g/mol. The Balaban J connectivity index is 1.92. The van der Waals surface area contributed by atoms with Crippen molar-refractivity contribution >= 4 is 35.0 Å². The Morgan fingerprint density at radius 3 is 2.44 bits per heavy atom. The first kappa shape index (κ1) is 19.1. The fourth-order valence-electron chi connectivity index (χ4n) is 2.00. The Morgan fingerprint density at radius 2 is 1.88 bits per heavy atom. The van der Waals surface area contributed by atoms with Gasteiger partial charge in [-0.2, -0.15) is 0 Å². The topological polar surface area (TPSA) is 93.5 Å². The first-order chi connectivity index (χ1) is 11.9. The van der Waals surface area contributed by atoms with Crippen LogP contribution in [0.15, 0.2) is 22.7 Å². The SMILES string of the molecule is CC(=O)NNC(=O)c1cc(Cl)c(OCCCc2cc(C)no2)c(Cl)c1. The van der Waals surface area contributed by atoms with Gasteiger partial charge in [-0.3, -0.25) is 20.4 Å². The lowest BCUT2D eigenvalue weighted by molar-refractivity contribution is -0.119. The molecule has 2 N–H and O–H groups in total. The first-order valence-corrected chi connectivity index (χ1v) is 8.23. The van der Waals surface area contributed by atoms with Gasteiger partial charge in [0.2, 0.25) is 5.91 Å². The smallest absolute Gasteiger partial charge is 0.269 e. The molecule has 0 aliphatic rings. The summed E-state index contributed by atoms with van der Waals surface area (Å²) in [4.78, 5) is 22.7. The molecule has 9 heteroatoms. The van der Waals surface area contributed by atoms with Gasteiger partial charge in [0.25, 0.3) is 5.91 Å². The van der Waals surface area contributed by atoms with Crippen molar-refractivity contribution in [2.45, 2.75) is 26.7 Å². The quantitative estimate of drug-likeness (QED) is 0.588. The lowest BCUT2D eigenvalue weighted by Crippen LogP contribution is -2.40. The molecule has 0 unspecified atom stereocenters. The van der Waals surface area contributed by atoms with Crippen molar-refractivity contribution in [2.75, 3.05) is 6.61 Å². The van der Waals surface area contributed by atoms with Crippen molar-refractivity contribution < 1.29 is 18.8 Å². The van der Waals surface area contributed by atoms with Gasteiger partial charge < -0.3 is 9.26 Å². The van der Waals surface area contributed by atoms with Crippen molar-refractivity contribution in [1.82, 2.24) is 16.0 Å². The zero-order valence-corrected chi connectivity index (χ0v) is 15.2. The van der Waals surface area contributed by atoms with Crippen LogP contribution >= 0.6 is 23.2 Å². The number of hydrogen-bond donors (Lipinski definition) is 2.